The monoisotopic (exact) mass is 346 g/mol. The number of anilines is 1. The van der Waals surface area contributed by atoms with Crippen LogP contribution >= 0.6 is 0 Å². The van der Waals surface area contributed by atoms with Gasteiger partial charge in [-0.2, -0.15) is 0 Å². The van der Waals surface area contributed by atoms with Gasteiger partial charge in [0.05, 0.1) is 6.04 Å². The van der Waals surface area contributed by atoms with E-state index in [1.807, 2.05) is 67.6 Å². The fourth-order valence-electron chi connectivity index (χ4n) is 2.63. The molecule has 0 aliphatic heterocycles. The van der Waals surface area contributed by atoms with E-state index in [2.05, 4.69) is 20.6 Å². The van der Waals surface area contributed by atoms with Crippen LogP contribution in [0.15, 0.2) is 72.9 Å². The molecule has 0 bridgehead atoms. The molecule has 2 N–H and O–H groups in total. The predicted molar refractivity (Wildman–Crippen MR) is 103 cm³/mol. The molecule has 0 spiro atoms. The molecular weight excluding hydrogens is 324 g/mol. The molecule has 0 fully saturated rings. The van der Waals surface area contributed by atoms with Gasteiger partial charge in [-0.1, -0.05) is 60.7 Å². The molecule has 5 nitrogen and oxygen atoms in total. The zero-order valence-corrected chi connectivity index (χ0v) is 14.7. The highest BCUT2D eigenvalue weighted by Gasteiger charge is 2.11. The van der Waals surface area contributed by atoms with E-state index in [0.717, 1.165) is 12.0 Å². The summed E-state index contributed by atoms with van der Waals surface area (Å²) in [4.78, 5) is 20.9. The predicted octanol–water partition coefficient (Wildman–Crippen LogP) is 3.62. The van der Waals surface area contributed by atoms with Crippen molar-refractivity contribution in [1.82, 2.24) is 15.3 Å². The Kier molecular flexibility index (Phi) is 5.93. The number of nitrogens with zero attached hydrogens (tertiary/aromatic N) is 2. The first-order valence-corrected chi connectivity index (χ1v) is 8.69. The number of aromatic nitrogens is 2. The average Bonchev–Trinajstić information content (AvgIpc) is 2.69. The topological polar surface area (TPSA) is 66.9 Å². The maximum absolute atomic E-state index is 12.3. The quantitative estimate of drug-likeness (QED) is 0.686. The second-order valence-electron chi connectivity index (χ2n) is 6.03. The van der Waals surface area contributed by atoms with Gasteiger partial charge in [0.1, 0.15) is 5.69 Å². The molecule has 0 aliphatic carbocycles. The van der Waals surface area contributed by atoms with Crippen molar-refractivity contribution in [3.05, 3.63) is 89.7 Å². The Hall–Kier alpha value is -3.21. The smallest absolute Gasteiger partial charge is 0.270 e. The first-order chi connectivity index (χ1) is 12.7. The average molecular weight is 346 g/mol. The van der Waals surface area contributed by atoms with Crippen molar-refractivity contribution in [2.45, 2.75) is 19.4 Å². The van der Waals surface area contributed by atoms with Crippen LogP contribution in [0.2, 0.25) is 0 Å². The third-order valence-corrected chi connectivity index (χ3v) is 4.08. The molecule has 0 aliphatic rings. The Balaban J connectivity index is 1.57. The number of hydrogen-bond donors (Lipinski definition) is 2. The van der Waals surface area contributed by atoms with Gasteiger partial charge in [0.25, 0.3) is 5.91 Å². The summed E-state index contributed by atoms with van der Waals surface area (Å²) in [5.41, 5.74) is 2.68. The Morgan fingerprint density at radius 2 is 1.69 bits per heavy atom. The number of benzene rings is 2. The molecule has 5 heteroatoms. The standard InChI is InChI=1S/C21H22N4O/c1-16(18-10-6-3-7-11-18)24-21-23-15-13-19(25-21)20(26)22-14-12-17-8-4-2-5-9-17/h2-11,13,15-16H,12,14H2,1H3,(H,22,26)(H,23,24,25). The normalized spacial score (nSPS) is 11.6. The Morgan fingerprint density at radius 3 is 2.42 bits per heavy atom. The lowest BCUT2D eigenvalue weighted by Gasteiger charge is -2.14. The van der Waals surface area contributed by atoms with E-state index in [0.29, 0.717) is 18.2 Å². The lowest BCUT2D eigenvalue weighted by Crippen LogP contribution is -2.27. The first kappa shape index (κ1) is 17.6. The van der Waals surface area contributed by atoms with Gasteiger partial charge < -0.3 is 10.6 Å². The van der Waals surface area contributed by atoms with Crippen LogP contribution in [0.5, 0.6) is 0 Å². The number of carbonyl (C=O) groups excluding carboxylic acids is 1. The lowest BCUT2D eigenvalue weighted by atomic mass is 10.1. The molecule has 1 heterocycles. The zero-order chi connectivity index (χ0) is 18.2. The van der Waals surface area contributed by atoms with Crippen LogP contribution in [-0.2, 0) is 6.42 Å². The Labute approximate surface area is 153 Å². The number of hydrogen-bond acceptors (Lipinski definition) is 4. The summed E-state index contributed by atoms with van der Waals surface area (Å²) in [5, 5.41) is 6.14. The van der Waals surface area contributed by atoms with E-state index in [9.17, 15) is 4.79 Å². The summed E-state index contributed by atoms with van der Waals surface area (Å²) in [5.74, 6) is 0.246. The fourth-order valence-corrected chi connectivity index (χ4v) is 2.63. The Morgan fingerprint density at radius 1 is 1.00 bits per heavy atom. The summed E-state index contributed by atoms with van der Waals surface area (Å²) in [7, 11) is 0. The molecule has 1 aromatic heterocycles. The van der Waals surface area contributed by atoms with E-state index in [1.54, 1.807) is 12.3 Å². The molecule has 3 aromatic rings. The minimum Gasteiger partial charge on any atom is -0.350 e. The van der Waals surface area contributed by atoms with Gasteiger partial charge in [-0.05, 0) is 30.5 Å². The fraction of sp³-hybridized carbons (Fsp3) is 0.190. The molecular formula is C21H22N4O. The van der Waals surface area contributed by atoms with Crippen LogP contribution < -0.4 is 10.6 Å². The molecule has 1 unspecified atom stereocenters. The van der Waals surface area contributed by atoms with Crippen LogP contribution in [0, 0.1) is 0 Å². The lowest BCUT2D eigenvalue weighted by molar-refractivity contribution is 0.0949. The highest BCUT2D eigenvalue weighted by Crippen LogP contribution is 2.16. The van der Waals surface area contributed by atoms with Crippen molar-refractivity contribution in [3.8, 4) is 0 Å². The summed E-state index contributed by atoms with van der Waals surface area (Å²) in [6.07, 6.45) is 2.38. The maximum atomic E-state index is 12.3. The second kappa shape index (κ2) is 8.76. The van der Waals surface area contributed by atoms with Crippen LogP contribution in [0.4, 0.5) is 5.95 Å². The second-order valence-corrected chi connectivity index (χ2v) is 6.03. The van der Waals surface area contributed by atoms with Gasteiger partial charge in [-0.25, -0.2) is 9.97 Å². The highest BCUT2D eigenvalue weighted by atomic mass is 16.1. The van der Waals surface area contributed by atoms with Gasteiger partial charge in [0.15, 0.2) is 0 Å². The highest BCUT2D eigenvalue weighted by molar-refractivity contribution is 5.92. The summed E-state index contributed by atoms with van der Waals surface area (Å²) < 4.78 is 0. The van der Waals surface area contributed by atoms with Gasteiger partial charge in [-0.3, -0.25) is 4.79 Å². The van der Waals surface area contributed by atoms with Gasteiger partial charge >= 0.3 is 0 Å². The van der Waals surface area contributed by atoms with Crippen molar-refractivity contribution in [2.75, 3.05) is 11.9 Å². The third kappa shape index (κ3) is 4.89. The van der Waals surface area contributed by atoms with E-state index in [-0.39, 0.29) is 11.9 Å². The zero-order valence-electron chi connectivity index (χ0n) is 14.7. The van der Waals surface area contributed by atoms with Crippen molar-refractivity contribution < 1.29 is 4.79 Å². The SMILES string of the molecule is CC(Nc1nccc(C(=O)NCCc2ccccc2)n1)c1ccccc1. The largest absolute Gasteiger partial charge is 0.350 e. The van der Waals surface area contributed by atoms with Crippen LogP contribution in [-0.4, -0.2) is 22.4 Å². The molecule has 0 saturated carbocycles. The number of carbonyl (C=O) groups is 1. The van der Waals surface area contributed by atoms with E-state index in [1.165, 1.54) is 5.56 Å². The molecule has 3 rings (SSSR count). The number of nitrogens with one attached hydrogen (secondary N) is 2. The molecule has 1 amide bonds. The molecule has 0 radical (unpaired) electrons. The molecule has 0 saturated heterocycles. The number of rotatable bonds is 7. The van der Waals surface area contributed by atoms with E-state index in [4.69, 9.17) is 0 Å². The summed E-state index contributed by atoms with van der Waals surface area (Å²) >= 11 is 0. The van der Waals surface area contributed by atoms with Gasteiger partial charge in [-0.15, -0.1) is 0 Å². The minimum atomic E-state index is -0.196. The van der Waals surface area contributed by atoms with E-state index >= 15 is 0 Å². The molecule has 2 aromatic carbocycles. The van der Waals surface area contributed by atoms with Crippen molar-refractivity contribution in [3.63, 3.8) is 0 Å². The summed E-state index contributed by atoms with van der Waals surface area (Å²) in [6.45, 7) is 2.60. The van der Waals surface area contributed by atoms with Crippen molar-refractivity contribution in [1.29, 1.82) is 0 Å². The van der Waals surface area contributed by atoms with Gasteiger partial charge in [0.2, 0.25) is 5.95 Å². The van der Waals surface area contributed by atoms with Crippen LogP contribution in [0.3, 0.4) is 0 Å². The Bertz CT molecular complexity index is 837. The summed E-state index contributed by atoms with van der Waals surface area (Å²) in [6, 6.07) is 21.8. The third-order valence-electron chi connectivity index (χ3n) is 4.08. The van der Waals surface area contributed by atoms with Crippen LogP contribution in [0.1, 0.15) is 34.6 Å². The van der Waals surface area contributed by atoms with Crippen molar-refractivity contribution >= 4 is 11.9 Å². The molecule has 26 heavy (non-hydrogen) atoms. The van der Waals surface area contributed by atoms with Crippen LogP contribution in [0.25, 0.3) is 0 Å². The van der Waals surface area contributed by atoms with E-state index < -0.39 is 0 Å². The maximum Gasteiger partial charge on any atom is 0.270 e. The number of amides is 1. The molecule has 132 valence electrons. The molecule has 1 atom stereocenters. The van der Waals surface area contributed by atoms with Crippen molar-refractivity contribution in [2.24, 2.45) is 0 Å². The van der Waals surface area contributed by atoms with Gasteiger partial charge in [0, 0.05) is 12.7 Å². The minimum absolute atomic E-state index is 0.0487. The first-order valence-electron chi connectivity index (χ1n) is 8.69.